The topological polar surface area (TPSA) is 109 Å². The maximum absolute atomic E-state index is 9.79. The molecular formula is C21H19ClN4O4S. The second-order valence-corrected chi connectivity index (χ2v) is 8.12. The molecule has 2 unspecified atom stereocenters. The lowest BCUT2D eigenvalue weighted by atomic mass is 9.74. The number of ether oxygens (including phenoxy) is 4. The molecule has 2 aromatic rings. The largest absolute Gasteiger partial charge is 0.377 e. The first-order valence-electron chi connectivity index (χ1n) is 9.50. The van der Waals surface area contributed by atoms with Gasteiger partial charge in [0.2, 0.25) is 0 Å². The molecule has 2 aliphatic heterocycles. The highest BCUT2D eigenvalue weighted by atomic mass is 35.5. The minimum atomic E-state index is -1.48. The summed E-state index contributed by atoms with van der Waals surface area (Å²) in [5.41, 5.74) is 8.80. The fourth-order valence-corrected chi connectivity index (χ4v) is 4.91. The van der Waals surface area contributed by atoms with Crippen molar-refractivity contribution in [2.75, 3.05) is 13.7 Å². The van der Waals surface area contributed by atoms with E-state index in [1.54, 1.807) is 18.2 Å². The van der Waals surface area contributed by atoms with E-state index in [9.17, 15) is 10.8 Å². The molecule has 160 valence electrons. The summed E-state index contributed by atoms with van der Waals surface area (Å²) in [5.74, 6) is 0. The summed E-state index contributed by atoms with van der Waals surface area (Å²) < 4.78 is 23.9. The Labute approximate surface area is 189 Å². The Kier molecular flexibility index (Phi) is 6.42. The Balaban J connectivity index is 1.91. The van der Waals surface area contributed by atoms with E-state index in [2.05, 4.69) is 28.7 Å². The van der Waals surface area contributed by atoms with Gasteiger partial charge in [0.25, 0.3) is 0 Å². The van der Waals surface area contributed by atoms with Gasteiger partial charge in [0.15, 0.2) is 6.29 Å². The molecule has 2 fully saturated rings. The molecule has 2 heterocycles. The first-order valence-corrected chi connectivity index (χ1v) is 10.4. The summed E-state index contributed by atoms with van der Waals surface area (Å²) >= 11 is 10.8. The first-order chi connectivity index (χ1) is 15.0. The van der Waals surface area contributed by atoms with Crippen molar-refractivity contribution >= 4 is 24.2 Å². The van der Waals surface area contributed by atoms with Gasteiger partial charge in [-0.05, 0) is 29.3 Å². The maximum Gasteiger partial charge on any atom is 0.184 e. The number of benzene rings is 2. The molecule has 0 aromatic heterocycles. The monoisotopic (exact) mass is 458 g/mol. The zero-order chi connectivity index (χ0) is 22.0. The molecule has 0 bridgehead atoms. The van der Waals surface area contributed by atoms with E-state index in [0.717, 1.165) is 5.56 Å². The minimum Gasteiger partial charge on any atom is -0.377 e. The number of fused-ring (bicyclic) bond motifs is 1. The smallest absolute Gasteiger partial charge is 0.184 e. The van der Waals surface area contributed by atoms with Crippen LogP contribution in [0.15, 0.2) is 53.6 Å². The van der Waals surface area contributed by atoms with E-state index in [-0.39, 0.29) is 12.2 Å². The fraction of sp³-hybridized carbons (Fsp3) is 0.381. The lowest BCUT2D eigenvalue weighted by molar-refractivity contribution is -0.317. The summed E-state index contributed by atoms with van der Waals surface area (Å²) in [7, 11) is 1.46. The maximum atomic E-state index is 9.79. The minimum absolute atomic E-state index is 0.170. The van der Waals surface area contributed by atoms with Crippen LogP contribution in [-0.4, -0.2) is 37.5 Å². The molecule has 8 nitrogen and oxygen atoms in total. The van der Waals surface area contributed by atoms with Crippen molar-refractivity contribution in [3.63, 3.8) is 0 Å². The van der Waals surface area contributed by atoms with Gasteiger partial charge in [-0.2, -0.15) is 5.26 Å². The molecule has 10 heteroatoms. The molecule has 2 aromatic carbocycles. The van der Waals surface area contributed by atoms with Crippen molar-refractivity contribution < 1.29 is 18.9 Å². The molecule has 0 N–H and O–H groups in total. The lowest BCUT2D eigenvalue weighted by Crippen LogP contribution is -2.66. The zero-order valence-corrected chi connectivity index (χ0v) is 18.1. The number of methoxy groups -OCH3 is 1. The van der Waals surface area contributed by atoms with Crippen molar-refractivity contribution in [3.8, 4) is 6.07 Å². The summed E-state index contributed by atoms with van der Waals surface area (Å²) in [6, 6.07) is 16.3. The first kappa shape index (κ1) is 21.9. The van der Waals surface area contributed by atoms with Crippen LogP contribution in [-0.2, 0) is 24.5 Å². The van der Waals surface area contributed by atoms with Crippen LogP contribution >= 0.6 is 24.2 Å². The van der Waals surface area contributed by atoms with E-state index in [1.165, 1.54) is 7.11 Å². The molecule has 6 atom stereocenters. The standard InChI is InChI=1S/C21H19ClN4O4S/c1-27-18-20(31)29-16-11-28-19(12-5-3-2-4-6-12)30-17(16)21(18,25-26-24)15-9-14(22)8-7-13(15)10-23/h2-9,16-20,31H,11H2,1H3/t16-,17+,18+,19?,20-,21?/m1/s1. The van der Waals surface area contributed by atoms with Crippen molar-refractivity contribution in [1.29, 1.82) is 5.26 Å². The SMILES string of the molecule is CO[C@H]1[C@@H](S)O[C@@H]2COC(c3ccccc3)O[C@@H]2C1(N=[N+]=[N-])c1cc(Cl)ccc1C#N. The van der Waals surface area contributed by atoms with Gasteiger partial charge in [-0.15, -0.1) is 12.6 Å². The van der Waals surface area contributed by atoms with Crippen LogP contribution < -0.4 is 0 Å². The van der Waals surface area contributed by atoms with Gasteiger partial charge in [-0.25, -0.2) is 0 Å². The van der Waals surface area contributed by atoms with E-state index in [0.29, 0.717) is 10.6 Å². The van der Waals surface area contributed by atoms with Crippen LogP contribution in [0.3, 0.4) is 0 Å². The summed E-state index contributed by atoms with van der Waals surface area (Å²) in [6.07, 6.45) is -3.04. The Morgan fingerprint density at radius 2 is 2.06 bits per heavy atom. The molecule has 4 rings (SSSR count). The normalized spacial score (nSPS) is 32.4. The summed E-state index contributed by atoms with van der Waals surface area (Å²) in [4.78, 5) is 3.12. The molecule has 0 spiro atoms. The lowest BCUT2D eigenvalue weighted by Gasteiger charge is -2.53. The van der Waals surface area contributed by atoms with E-state index >= 15 is 0 Å². The quantitative estimate of drug-likeness (QED) is 0.314. The number of azide groups is 1. The molecular weight excluding hydrogens is 440 g/mol. The molecule has 2 saturated heterocycles. The second-order valence-electron chi connectivity index (χ2n) is 7.17. The molecule has 0 saturated carbocycles. The molecule has 0 aliphatic carbocycles. The number of nitriles is 1. The number of nitrogens with zero attached hydrogens (tertiary/aromatic N) is 4. The average Bonchev–Trinajstić information content (AvgIpc) is 2.79. The summed E-state index contributed by atoms with van der Waals surface area (Å²) in [6.45, 7) is 0.170. The second kappa shape index (κ2) is 9.07. The number of hydrogen-bond donors (Lipinski definition) is 1. The van der Waals surface area contributed by atoms with Gasteiger partial charge in [0.05, 0.1) is 18.2 Å². The Bertz CT molecular complexity index is 1050. The number of thiol groups is 1. The van der Waals surface area contributed by atoms with Gasteiger partial charge in [-0.1, -0.05) is 47.0 Å². The number of hydrogen-bond acceptors (Lipinski definition) is 7. The van der Waals surface area contributed by atoms with Crippen LogP contribution in [0.4, 0.5) is 0 Å². The van der Waals surface area contributed by atoms with Crippen molar-refractivity contribution in [2.45, 2.75) is 35.6 Å². The van der Waals surface area contributed by atoms with Crippen LogP contribution in [0.2, 0.25) is 5.02 Å². The van der Waals surface area contributed by atoms with Gasteiger partial charge in [-0.3, -0.25) is 0 Å². The van der Waals surface area contributed by atoms with Crippen LogP contribution in [0.25, 0.3) is 10.4 Å². The van der Waals surface area contributed by atoms with E-state index in [1.807, 2.05) is 30.3 Å². The van der Waals surface area contributed by atoms with E-state index < -0.39 is 35.6 Å². The highest BCUT2D eigenvalue weighted by Crippen LogP contribution is 2.50. The van der Waals surface area contributed by atoms with Crippen LogP contribution in [0.5, 0.6) is 0 Å². The van der Waals surface area contributed by atoms with Gasteiger partial charge in [0, 0.05) is 22.6 Å². The Morgan fingerprint density at radius 3 is 2.74 bits per heavy atom. The predicted octanol–water partition coefficient (Wildman–Crippen LogP) is 4.50. The fourth-order valence-electron chi connectivity index (χ4n) is 4.23. The van der Waals surface area contributed by atoms with Gasteiger partial charge >= 0.3 is 0 Å². The van der Waals surface area contributed by atoms with Crippen molar-refractivity contribution in [2.24, 2.45) is 5.11 Å². The van der Waals surface area contributed by atoms with Crippen molar-refractivity contribution in [1.82, 2.24) is 0 Å². The third-order valence-electron chi connectivity index (χ3n) is 5.53. The highest BCUT2D eigenvalue weighted by molar-refractivity contribution is 7.80. The molecule has 0 radical (unpaired) electrons. The van der Waals surface area contributed by atoms with E-state index in [4.69, 9.17) is 30.5 Å². The van der Waals surface area contributed by atoms with Gasteiger partial charge in [0.1, 0.15) is 29.3 Å². The van der Waals surface area contributed by atoms with Crippen LogP contribution in [0, 0.1) is 11.3 Å². The van der Waals surface area contributed by atoms with Gasteiger partial charge < -0.3 is 18.9 Å². The number of halogens is 1. The van der Waals surface area contributed by atoms with Crippen LogP contribution in [0.1, 0.15) is 23.0 Å². The Morgan fingerprint density at radius 1 is 1.29 bits per heavy atom. The molecule has 0 amide bonds. The molecule has 31 heavy (non-hydrogen) atoms. The zero-order valence-electron chi connectivity index (χ0n) is 16.5. The molecule has 2 aliphatic rings. The Hall–Kier alpha value is -2.28. The van der Waals surface area contributed by atoms with Crippen molar-refractivity contribution in [3.05, 3.63) is 80.7 Å². The summed E-state index contributed by atoms with van der Waals surface area (Å²) in [5, 5.41) is 14.4. The number of rotatable bonds is 4. The third-order valence-corrected chi connectivity index (χ3v) is 6.16. The predicted molar refractivity (Wildman–Crippen MR) is 115 cm³/mol. The third kappa shape index (κ3) is 3.77. The highest BCUT2D eigenvalue weighted by Gasteiger charge is 2.60. The average molecular weight is 459 g/mol.